The summed E-state index contributed by atoms with van der Waals surface area (Å²) in [5.74, 6) is 0.543. The van der Waals surface area contributed by atoms with E-state index < -0.39 is 0 Å². The monoisotopic (exact) mass is 264 g/mol. The van der Waals surface area contributed by atoms with Gasteiger partial charge in [0, 0.05) is 11.8 Å². The molecule has 2 N–H and O–H groups in total. The minimum atomic E-state index is 0.543. The number of nitrogens with two attached hydrogens (primary N) is 1. The summed E-state index contributed by atoms with van der Waals surface area (Å²) in [5, 5.41) is 0. The van der Waals surface area contributed by atoms with Crippen LogP contribution >= 0.6 is 0 Å². The number of aryl methyl sites for hydroxylation is 1. The molecule has 0 radical (unpaired) electrons. The van der Waals surface area contributed by atoms with Crippen LogP contribution in [0.4, 0.5) is 0 Å². The van der Waals surface area contributed by atoms with Crippen LogP contribution in [0.25, 0.3) is 11.1 Å². The molecule has 20 heavy (non-hydrogen) atoms. The fourth-order valence-corrected chi connectivity index (χ4v) is 1.85. The Bertz CT molecular complexity index is 628. The third-order valence-electron chi connectivity index (χ3n) is 3.03. The van der Waals surface area contributed by atoms with Gasteiger partial charge in [-0.05, 0) is 31.9 Å². The Morgan fingerprint density at radius 3 is 1.90 bits per heavy atom. The highest BCUT2D eigenvalue weighted by Gasteiger charge is 2.00. The second kappa shape index (κ2) is 6.20. The van der Waals surface area contributed by atoms with Gasteiger partial charge in [-0.2, -0.15) is 0 Å². The third kappa shape index (κ3) is 3.58. The number of allylic oxidation sites excluding steroid dienone is 1. The van der Waals surface area contributed by atoms with E-state index in [9.17, 15) is 0 Å². The van der Waals surface area contributed by atoms with Crippen molar-refractivity contribution in [2.24, 2.45) is 10.7 Å². The second-order valence-electron chi connectivity index (χ2n) is 5.16. The molecular formula is C18H20N2. The summed E-state index contributed by atoms with van der Waals surface area (Å²) in [4.78, 5) is 4.24. The summed E-state index contributed by atoms with van der Waals surface area (Å²) in [6.45, 7) is 6.09. The van der Waals surface area contributed by atoms with Gasteiger partial charge in [0.25, 0.3) is 0 Å². The Kier molecular flexibility index (Phi) is 4.36. The van der Waals surface area contributed by atoms with Crippen molar-refractivity contribution in [1.29, 1.82) is 0 Å². The van der Waals surface area contributed by atoms with Crippen LogP contribution in [0.3, 0.4) is 0 Å². The zero-order chi connectivity index (χ0) is 14.5. The van der Waals surface area contributed by atoms with Gasteiger partial charge in [-0.3, -0.25) is 0 Å². The molecule has 102 valence electrons. The lowest BCUT2D eigenvalue weighted by Crippen LogP contribution is -2.12. The van der Waals surface area contributed by atoms with E-state index in [1.165, 1.54) is 16.7 Å². The number of rotatable bonds is 3. The minimum Gasteiger partial charge on any atom is -0.383 e. The lowest BCUT2D eigenvalue weighted by Gasteiger charge is -2.04. The van der Waals surface area contributed by atoms with Crippen LogP contribution in [0.15, 0.2) is 65.3 Å². The van der Waals surface area contributed by atoms with Gasteiger partial charge in [0.15, 0.2) is 0 Å². The molecule has 2 heteroatoms. The molecule has 2 nitrogen and oxygen atoms in total. The maximum Gasteiger partial charge on any atom is 0.130 e. The van der Waals surface area contributed by atoms with E-state index >= 15 is 0 Å². The van der Waals surface area contributed by atoms with Crippen molar-refractivity contribution in [3.05, 3.63) is 71.4 Å². The Morgan fingerprint density at radius 1 is 0.900 bits per heavy atom. The molecule has 0 saturated heterocycles. The van der Waals surface area contributed by atoms with E-state index in [4.69, 9.17) is 5.73 Å². The first-order valence-electron chi connectivity index (χ1n) is 6.70. The first-order chi connectivity index (χ1) is 9.56. The number of nitrogens with zero attached hydrogens (tertiary/aromatic N) is 1. The number of hydrogen-bond donors (Lipinski definition) is 1. The van der Waals surface area contributed by atoms with Gasteiger partial charge in [0.1, 0.15) is 5.84 Å². The van der Waals surface area contributed by atoms with E-state index in [1.807, 2.05) is 26.0 Å². The molecule has 0 heterocycles. The summed E-state index contributed by atoms with van der Waals surface area (Å²) in [5.41, 5.74) is 11.7. The Labute approximate surface area is 120 Å². The van der Waals surface area contributed by atoms with Crippen LogP contribution in [-0.4, -0.2) is 5.84 Å². The van der Waals surface area contributed by atoms with Crippen molar-refractivity contribution in [2.75, 3.05) is 0 Å². The summed E-state index contributed by atoms with van der Waals surface area (Å²) >= 11 is 0. The van der Waals surface area contributed by atoms with Crippen LogP contribution in [0.1, 0.15) is 25.0 Å². The predicted molar refractivity (Wildman–Crippen MR) is 86.8 cm³/mol. The van der Waals surface area contributed by atoms with Crippen molar-refractivity contribution >= 4 is 5.84 Å². The molecule has 2 rings (SSSR count). The van der Waals surface area contributed by atoms with Crippen LogP contribution in [0, 0.1) is 6.92 Å². The minimum absolute atomic E-state index is 0.543. The molecule has 0 bridgehead atoms. The van der Waals surface area contributed by atoms with E-state index in [1.54, 1.807) is 6.20 Å². The summed E-state index contributed by atoms with van der Waals surface area (Å²) in [6.07, 6.45) is 1.78. The van der Waals surface area contributed by atoms with Gasteiger partial charge in [-0.25, -0.2) is 4.99 Å². The lowest BCUT2D eigenvalue weighted by atomic mass is 10.0. The summed E-state index contributed by atoms with van der Waals surface area (Å²) < 4.78 is 0. The number of benzene rings is 2. The Balaban J connectivity index is 2.24. The maximum atomic E-state index is 5.96. The molecule has 0 spiro atoms. The molecular weight excluding hydrogens is 244 g/mol. The van der Waals surface area contributed by atoms with Crippen LogP contribution in [0.5, 0.6) is 0 Å². The topological polar surface area (TPSA) is 38.4 Å². The highest BCUT2D eigenvalue weighted by molar-refractivity contribution is 5.98. The molecule has 0 unspecified atom stereocenters. The second-order valence-corrected chi connectivity index (χ2v) is 5.16. The first kappa shape index (κ1) is 14.1. The highest BCUT2D eigenvalue weighted by atomic mass is 14.8. The van der Waals surface area contributed by atoms with Crippen molar-refractivity contribution in [1.82, 2.24) is 0 Å². The molecule has 2 aromatic carbocycles. The largest absolute Gasteiger partial charge is 0.383 e. The van der Waals surface area contributed by atoms with Gasteiger partial charge < -0.3 is 5.73 Å². The molecule has 0 aliphatic rings. The molecule has 0 aromatic heterocycles. The summed E-state index contributed by atoms with van der Waals surface area (Å²) in [7, 11) is 0. The molecule has 0 saturated carbocycles. The van der Waals surface area contributed by atoms with Crippen LogP contribution < -0.4 is 5.73 Å². The van der Waals surface area contributed by atoms with E-state index in [-0.39, 0.29) is 0 Å². The Hall–Kier alpha value is -2.35. The van der Waals surface area contributed by atoms with E-state index in [0.29, 0.717) is 5.84 Å². The predicted octanol–water partition coefficient (Wildman–Crippen LogP) is 4.29. The molecule has 2 aromatic rings. The van der Waals surface area contributed by atoms with Crippen LogP contribution in [-0.2, 0) is 0 Å². The summed E-state index contributed by atoms with van der Waals surface area (Å²) in [6, 6.07) is 16.7. The average Bonchev–Trinajstić information content (AvgIpc) is 2.46. The molecule has 0 amide bonds. The van der Waals surface area contributed by atoms with Crippen molar-refractivity contribution in [2.45, 2.75) is 20.8 Å². The van der Waals surface area contributed by atoms with Crippen molar-refractivity contribution in [3.8, 4) is 11.1 Å². The SMILES string of the molecule is CC(C)=CN=C(N)c1ccc(-c2ccc(C)cc2)cc1. The molecule has 0 aliphatic heterocycles. The van der Waals surface area contributed by atoms with Crippen molar-refractivity contribution < 1.29 is 0 Å². The average molecular weight is 264 g/mol. The van der Waals surface area contributed by atoms with E-state index in [0.717, 1.165) is 11.1 Å². The zero-order valence-electron chi connectivity index (χ0n) is 12.2. The molecule has 0 fully saturated rings. The smallest absolute Gasteiger partial charge is 0.130 e. The van der Waals surface area contributed by atoms with Crippen molar-refractivity contribution in [3.63, 3.8) is 0 Å². The Morgan fingerprint density at radius 2 is 1.40 bits per heavy atom. The zero-order valence-corrected chi connectivity index (χ0v) is 12.2. The van der Waals surface area contributed by atoms with Gasteiger partial charge in [-0.15, -0.1) is 0 Å². The maximum absolute atomic E-state index is 5.96. The number of aliphatic imine (C=N–C) groups is 1. The first-order valence-corrected chi connectivity index (χ1v) is 6.70. The highest BCUT2D eigenvalue weighted by Crippen LogP contribution is 2.20. The molecule has 0 aliphatic carbocycles. The van der Waals surface area contributed by atoms with Crippen LogP contribution in [0.2, 0.25) is 0 Å². The number of hydrogen-bond acceptors (Lipinski definition) is 1. The van der Waals surface area contributed by atoms with Gasteiger partial charge in [0.2, 0.25) is 0 Å². The lowest BCUT2D eigenvalue weighted by molar-refractivity contribution is 1.32. The molecule has 0 atom stereocenters. The van der Waals surface area contributed by atoms with Gasteiger partial charge in [0.05, 0.1) is 0 Å². The number of amidine groups is 1. The standard InChI is InChI=1S/C18H20N2/c1-13(2)12-20-18(19)17-10-8-16(9-11-17)15-6-4-14(3)5-7-15/h4-12H,1-3H3,(H2,19,20). The fraction of sp³-hybridized carbons (Fsp3) is 0.167. The van der Waals surface area contributed by atoms with Gasteiger partial charge >= 0.3 is 0 Å². The van der Waals surface area contributed by atoms with E-state index in [2.05, 4.69) is 48.3 Å². The van der Waals surface area contributed by atoms with Gasteiger partial charge in [-0.1, -0.05) is 59.7 Å². The quantitative estimate of drug-likeness (QED) is 0.651. The normalized spacial score (nSPS) is 11.2. The fourth-order valence-electron chi connectivity index (χ4n) is 1.85. The third-order valence-corrected chi connectivity index (χ3v) is 3.03.